The van der Waals surface area contributed by atoms with Crippen molar-refractivity contribution >= 4 is 64.5 Å². The molecule has 7 unspecified atom stereocenters. The third-order valence-electron chi connectivity index (χ3n) is 23.1. The average molecular weight is 1750 g/mol. The Labute approximate surface area is 732 Å². The van der Waals surface area contributed by atoms with Crippen molar-refractivity contribution in [3.8, 4) is 86.5 Å². The van der Waals surface area contributed by atoms with Gasteiger partial charge in [-0.25, -0.2) is 60.3 Å². The minimum Gasteiger partial charge on any atom is -0.492 e. The lowest BCUT2D eigenvalue weighted by Gasteiger charge is -2.56. The molecule has 7 atom stereocenters. The number of hydrogen-bond donors (Lipinski definition) is 0. The Morgan fingerprint density at radius 1 is 0.440 bits per heavy atom. The average Bonchev–Trinajstić information content (AvgIpc) is 0.931. The minimum atomic E-state index is -3.05. The zero-order valence-corrected chi connectivity index (χ0v) is 72.7. The maximum atomic E-state index is 11.4. The Balaban J connectivity index is 0.000000150. The van der Waals surface area contributed by atoms with E-state index in [1.165, 1.54) is 60.9 Å². The molecule has 0 amide bonds. The van der Waals surface area contributed by atoms with Crippen LogP contribution in [-0.4, -0.2) is 247 Å². The SMILES string of the molecule is C.COc1ccc(CN2C3CC2CN(c2ccc(-c4cc(OCCCS(C)(=O)=O)cn5ncc(C#N)c45)cn2)C3)cn1.COc1ccc(CN2C3CC2CN(c2ccc(-c4cc(OCCCS(C)(=O)=O)cn5ncc(C#N)c45)cn2)C3)cn1.COc1ccc(CN2C3CC2CN(c2ccc(-c4cc(OCCCS(C)=O)cn5ncc(C#N)c45)cn2)C3)cn1.[2H]CC. The summed E-state index contributed by atoms with van der Waals surface area (Å²) in [4.78, 5) is 42.1. The van der Waals surface area contributed by atoms with E-state index in [1.807, 2.05) is 97.8 Å². The van der Waals surface area contributed by atoms with Crippen LogP contribution < -0.4 is 43.1 Å². The van der Waals surface area contributed by atoms with E-state index in [0.29, 0.717) is 137 Å². The second kappa shape index (κ2) is 39.6. The molecule has 12 aromatic rings. The molecule has 9 fully saturated rings. The van der Waals surface area contributed by atoms with Crippen LogP contribution in [0.1, 0.15) is 94.5 Å². The monoisotopic (exact) mass is 1750 g/mol. The molecule has 9 aliphatic rings. The summed E-state index contributed by atoms with van der Waals surface area (Å²) in [7, 11) is -2.08. The molecule has 6 bridgehead atoms. The summed E-state index contributed by atoms with van der Waals surface area (Å²) < 4.78 is 101. The van der Waals surface area contributed by atoms with E-state index in [-0.39, 0.29) is 32.1 Å². The number of hydrogen-bond acceptors (Lipinski definition) is 29. The number of nitrogens with zero attached hydrogens (tertiary/aromatic N) is 21. The van der Waals surface area contributed by atoms with Crippen LogP contribution in [0, 0.1) is 34.0 Å². The molecule has 32 nitrogen and oxygen atoms in total. The van der Waals surface area contributed by atoms with Crippen molar-refractivity contribution in [1.82, 2.24) is 73.4 Å². The summed E-state index contributed by atoms with van der Waals surface area (Å²) in [5.41, 5.74) is 12.0. The van der Waals surface area contributed by atoms with Gasteiger partial charge in [0.25, 0.3) is 0 Å². The topological polar surface area (TPSA) is 361 Å². The van der Waals surface area contributed by atoms with Crippen molar-refractivity contribution in [2.75, 3.05) is 131 Å². The van der Waals surface area contributed by atoms with Crippen molar-refractivity contribution in [1.29, 1.82) is 15.8 Å². The lowest BCUT2D eigenvalue weighted by atomic mass is 9.87. The molecule has 0 radical (unpaired) electrons. The molecule has 0 aromatic carbocycles. The first-order chi connectivity index (χ1) is 60.5. The largest absolute Gasteiger partial charge is 0.492 e. The van der Waals surface area contributed by atoms with Gasteiger partial charge in [0.15, 0.2) is 0 Å². The highest BCUT2D eigenvalue weighted by atomic mass is 32.2. The van der Waals surface area contributed by atoms with E-state index in [9.17, 15) is 36.8 Å². The summed E-state index contributed by atoms with van der Waals surface area (Å²) in [5, 5.41) is 42.0. The van der Waals surface area contributed by atoms with Crippen LogP contribution >= 0.6 is 0 Å². The fourth-order valence-corrected chi connectivity index (χ4v) is 18.8. The van der Waals surface area contributed by atoms with Crippen LogP contribution in [-0.2, 0) is 50.1 Å². The Kier molecular flexibility index (Phi) is 27.7. The number of pyridine rings is 9. The Morgan fingerprint density at radius 2 is 0.736 bits per heavy atom. The van der Waals surface area contributed by atoms with Crippen molar-refractivity contribution in [2.45, 2.75) is 116 Å². The predicted octanol–water partition coefficient (Wildman–Crippen LogP) is 10.8. The third kappa shape index (κ3) is 20.8. The number of piperazine rings is 3. The zero-order valence-electron chi connectivity index (χ0n) is 71.2. The van der Waals surface area contributed by atoms with Gasteiger partial charge in [-0.3, -0.25) is 18.9 Å². The van der Waals surface area contributed by atoms with Crippen LogP contribution in [0.3, 0.4) is 0 Å². The highest BCUT2D eigenvalue weighted by Crippen LogP contribution is 2.42. The molecule has 12 aromatic heterocycles. The Hall–Kier alpha value is -12.4. The van der Waals surface area contributed by atoms with Crippen LogP contribution in [0.15, 0.2) is 165 Å². The highest BCUT2D eigenvalue weighted by Gasteiger charge is 2.47. The minimum absolute atomic E-state index is 0. The molecule has 35 heteroatoms. The number of sulfone groups is 2. The highest BCUT2D eigenvalue weighted by molar-refractivity contribution is 7.90. The maximum absolute atomic E-state index is 11.4. The first-order valence-corrected chi connectivity index (χ1v) is 46.9. The molecular formula is C90H103N21O11S3. The van der Waals surface area contributed by atoms with Crippen molar-refractivity contribution in [2.24, 2.45) is 0 Å². The summed E-state index contributed by atoms with van der Waals surface area (Å²) >= 11 is 0. The van der Waals surface area contributed by atoms with Gasteiger partial charge >= 0.3 is 0 Å². The molecule has 9 saturated heterocycles. The van der Waals surface area contributed by atoms with Crippen molar-refractivity contribution in [3.63, 3.8) is 0 Å². The smallest absolute Gasteiger partial charge is 0.212 e. The van der Waals surface area contributed by atoms with E-state index in [2.05, 4.69) is 108 Å². The number of piperidine rings is 3. The van der Waals surface area contributed by atoms with Gasteiger partial charge in [0.1, 0.15) is 72.6 Å². The molecule has 125 heavy (non-hydrogen) atoms. The van der Waals surface area contributed by atoms with Gasteiger partial charge in [0.2, 0.25) is 17.6 Å². The first kappa shape index (κ1) is 87.5. The number of nitriles is 3. The fourth-order valence-electron chi connectivity index (χ4n) is 17.0. The van der Waals surface area contributed by atoms with E-state index in [0.717, 1.165) is 115 Å². The lowest BCUT2D eigenvalue weighted by Crippen LogP contribution is -2.68. The molecule has 9 aliphatic heterocycles. The molecule has 21 heterocycles. The number of rotatable bonds is 30. The van der Waals surface area contributed by atoms with E-state index >= 15 is 0 Å². The molecule has 0 spiro atoms. The van der Waals surface area contributed by atoms with E-state index in [1.54, 1.807) is 72.8 Å². The van der Waals surface area contributed by atoms with Crippen LogP contribution in [0.25, 0.3) is 49.9 Å². The normalized spacial score (nSPS) is 18.5. The zero-order chi connectivity index (χ0) is 87.5. The molecule has 652 valence electrons. The van der Waals surface area contributed by atoms with Crippen LogP contribution in [0.2, 0.25) is 0 Å². The number of ether oxygens (including phenoxy) is 6. The standard InChI is InChI=1S/2C29H31N7O4S.C29H31N7O3S.C2H6.CH4/c2*1-39-28-7-4-20(13-32-28)16-35-23-10-24(35)18-34(17-23)27-6-5-21(14-31-27)26-11-25(40-8-3-9-41(2,37)38)19-36-29(26)22(12-30)15-33-36;1-38-28-7-4-20(13-32-28)16-35-23-10-24(35)18-34(17-23)27-6-5-21(14-31-27)26-11-25(39-8-3-9-40(2)37)19-36-29(26)22(12-30)15-33-36;1-2;/h2*4-7,11,13-15,19,23-24H,3,8-10,16-18H2,1-2H3;4-7,11,13-15,19,23-24H,3,8-10,16-18H2,1-2H3;1-2H3;1H4/i;;;1D;. The van der Waals surface area contributed by atoms with Gasteiger partial charge in [-0.15, -0.1) is 0 Å². The lowest BCUT2D eigenvalue weighted by molar-refractivity contribution is -0.00879. The van der Waals surface area contributed by atoms with E-state index < -0.39 is 30.5 Å². The predicted molar refractivity (Wildman–Crippen MR) is 478 cm³/mol. The summed E-state index contributed by atoms with van der Waals surface area (Å²) in [5.74, 6) is 7.12. The van der Waals surface area contributed by atoms with Gasteiger partial charge in [-0.1, -0.05) is 39.4 Å². The van der Waals surface area contributed by atoms with Crippen LogP contribution in [0.4, 0.5) is 17.5 Å². The molecule has 0 aliphatic carbocycles. The van der Waals surface area contributed by atoms with Gasteiger partial charge in [-0.2, -0.15) is 31.1 Å². The molecular weight excluding hydrogens is 1650 g/mol. The molecule has 21 rings (SSSR count). The van der Waals surface area contributed by atoms with Gasteiger partial charge < -0.3 is 43.1 Å². The summed E-state index contributed by atoms with van der Waals surface area (Å²) in [6.07, 6.45) is 30.2. The maximum Gasteiger partial charge on any atom is 0.212 e. The van der Waals surface area contributed by atoms with Crippen LogP contribution in [0.5, 0.6) is 34.9 Å². The third-order valence-corrected chi connectivity index (χ3v) is 26.0. The number of aromatic nitrogens is 12. The van der Waals surface area contributed by atoms with Gasteiger partial charge in [0.05, 0.1) is 123 Å². The Morgan fingerprint density at radius 3 is 0.976 bits per heavy atom. The first-order valence-electron chi connectivity index (χ1n) is 41.7. The summed E-state index contributed by atoms with van der Waals surface area (Å²) in [6, 6.07) is 39.3. The van der Waals surface area contributed by atoms with Crippen molar-refractivity contribution < 1.29 is 50.8 Å². The second-order valence-electron chi connectivity index (χ2n) is 31.5. The number of fused-ring (bicyclic) bond motifs is 9. The van der Waals surface area contributed by atoms with Crippen molar-refractivity contribution in [3.05, 3.63) is 199 Å². The number of anilines is 3. The second-order valence-corrected chi connectivity index (χ2v) is 37.6. The van der Waals surface area contributed by atoms with Gasteiger partial charge in [0, 0.05) is 221 Å². The summed E-state index contributed by atoms with van der Waals surface area (Å²) in [6.45, 7) is 11.4. The fraction of sp³-hybridized carbons (Fsp3) is 0.400. The quantitative estimate of drug-likeness (QED) is 0.0377. The molecule has 0 N–H and O–H groups in total. The van der Waals surface area contributed by atoms with Gasteiger partial charge in [-0.05, 0) is 110 Å². The van der Waals surface area contributed by atoms with E-state index in [4.69, 9.17) is 44.7 Å². The Bertz CT molecular complexity index is 5880. The number of methoxy groups -OCH3 is 3. The molecule has 0 saturated carbocycles.